The van der Waals surface area contributed by atoms with Gasteiger partial charge in [0.05, 0.1) is 64.4 Å². The minimum Gasteiger partial charge on any atom is -0.359 e. The van der Waals surface area contributed by atoms with E-state index in [-0.39, 0.29) is 182 Å². The largest absolute Gasteiger partial charge is 0.359 e. The summed E-state index contributed by atoms with van der Waals surface area (Å²) in [5.41, 5.74) is 0. The van der Waals surface area contributed by atoms with E-state index >= 15 is 0 Å². The van der Waals surface area contributed by atoms with Crippen LogP contribution in [0.1, 0.15) is 214 Å². The Kier molecular flexibility index (Phi) is 48.2. The van der Waals surface area contributed by atoms with Crippen LogP contribution in [-0.2, 0) is 67.1 Å². The molecule has 0 aliphatic heterocycles. The molecule has 0 aromatic rings. The third-order valence-corrected chi connectivity index (χ3v) is 14.8. The van der Waals surface area contributed by atoms with Crippen molar-refractivity contribution in [1.82, 2.24) is 51.9 Å². The molecule has 7 amide bonds. The van der Waals surface area contributed by atoms with Crippen LogP contribution in [0.2, 0.25) is 0 Å². The number of likely N-dealkylation sites (N-methyl/N-ethyl adjacent to an activating group) is 1. The summed E-state index contributed by atoms with van der Waals surface area (Å²) in [4.78, 5) is 181. The van der Waals surface area contributed by atoms with Gasteiger partial charge in [0, 0.05) is 111 Å². The molecule has 0 rings (SSSR count). The molecular formula is C63H110N10O14. The Bertz CT molecular complexity index is 2120. The lowest BCUT2D eigenvalue weighted by molar-refractivity contribution is -0.131. The van der Waals surface area contributed by atoms with Crippen LogP contribution < -0.4 is 37.2 Å². The molecule has 2 atom stereocenters. The molecule has 0 bridgehead atoms. The van der Waals surface area contributed by atoms with Gasteiger partial charge in [-0.2, -0.15) is 0 Å². The van der Waals surface area contributed by atoms with E-state index in [1.54, 1.807) is 39.6 Å². The average Bonchev–Trinajstić information content (AvgIpc) is 3.71. The predicted octanol–water partition coefficient (Wildman–Crippen LogP) is 3.71. The maximum absolute atomic E-state index is 13.3. The van der Waals surface area contributed by atoms with E-state index in [2.05, 4.69) is 37.2 Å². The first-order valence-electron chi connectivity index (χ1n) is 32.2. The monoisotopic (exact) mass is 1230 g/mol. The Balaban J connectivity index is 5.55. The predicted molar refractivity (Wildman–Crippen MR) is 333 cm³/mol. The number of Topliss-reactive ketones (excluding diaryl/α,β-unsaturated/α-hetero) is 7. The Morgan fingerprint density at radius 3 is 1.16 bits per heavy atom. The van der Waals surface area contributed by atoms with Gasteiger partial charge >= 0.3 is 0 Å². The van der Waals surface area contributed by atoms with Crippen molar-refractivity contribution in [3.63, 3.8) is 0 Å². The lowest BCUT2D eigenvalue weighted by atomic mass is 9.98. The molecule has 0 fully saturated rings. The Labute approximate surface area is 518 Å². The number of unbranched alkanes of at least 4 members (excludes halogenated alkanes) is 10. The van der Waals surface area contributed by atoms with E-state index < -0.39 is 35.7 Å². The van der Waals surface area contributed by atoms with Gasteiger partial charge < -0.3 is 37.2 Å². The van der Waals surface area contributed by atoms with E-state index in [0.717, 1.165) is 38.5 Å². The smallest absolute Gasteiger partial charge is 0.234 e. The van der Waals surface area contributed by atoms with Crippen molar-refractivity contribution in [3.05, 3.63) is 0 Å². The van der Waals surface area contributed by atoms with Gasteiger partial charge in [-0.1, -0.05) is 73.1 Å². The highest BCUT2D eigenvalue weighted by Gasteiger charge is 2.28. The molecule has 0 aliphatic carbocycles. The summed E-state index contributed by atoms with van der Waals surface area (Å²) in [6.45, 7) is 8.15. The Hall–Kier alpha value is -6.14. The number of nitrogens with zero attached hydrogens (tertiary/aromatic N) is 3. The zero-order valence-electron chi connectivity index (χ0n) is 54.0. The van der Waals surface area contributed by atoms with Crippen LogP contribution in [0.5, 0.6) is 0 Å². The van der Waals surface area contributed by atoms with Crippen LogP contribution in [0.15, 0.2) is 0 Å². The molecule has 0 unspecified atom stereocenters. The molecule has 0 radical (unpaired) electrons. The van der Waals surface area contributed by atoms with Gasteiger partial charge in [0.1, 0.15) is 34.7 Å². The molecule has 87 heavy (non-hydrogen) atoms. The first kappa shape index (κ1) is 80.9. The van der Waals surface area contributed by atoms with Crippen molar-refractivity contribution in [3.8, 4) is 0 Å². The van der Waals surface area contributed by atoms with Gasteiger partial charge in [-0.25, -0.2) is 0 Å². The van der Waals surface area contributed by atoms with Crippen molar-refractivity contribution in [2.75, 3.05) is 92.6 Å². The van der Waals surface area contributed by atoms with E-state index in [9.17, 15) is 67.1 Å². The second-order valence-electron chi connectivity index (χ2n) is 22.4. The number of carbonyl (C=O) groups excluding carboxylic acids is 14. The Morgan fingerprint density at radius 2 is 0.701 bits per heavy atom. The van der Waals surface area contributed by atoms with E-state index in [1.165, 1.54) is 16.8 Å². The first-order chi connectivity index (χ1) is 41.6. The summed E-state index contributed by atoms with van der Waals surface area (Å²) in [7, 11) is 3.07. The summed E-state index contributed by atoms with van der Waals surface area (Å²) >= 11 is 0. The average molecular weight is 1230 g/mol. The molecule has 24 heteroatoms. The lowest BCUT2D eigenvalue weighted by Gasteiger charge is -2.29. The number of rotatable bonds is 58. The normalized spacial score (nSPS) is 11.8. The third kappa shape index (κ3) is 44.0. The van der Waals surface area contributed by atoms with Crippen LogP contribution in [0, 0.1) is 0 Å². The standard InChI is InChI=1S/C63H110N10O14/c1-8-48(74)28-21-18-25-36-66-61(85)44-72(45-62(86)67-37-26-24-31-54(55(79)11-4)73(42-50(76)10-3)47-59(83)65-7)46-63(87)69-39-27-38-68-60(84)43-71(41-52(78)30-20-16-17-23-33-58(82)64-6)40-51(77)29-19-14-13-15-22-32-56(80)53(70-57(81)12-5)35-34-49(75)9-2/h53-54H,8-47H2,1-7H3,(H,64,82)(H,65,83)(H,66,85)(H,67,86)(H,68,84)(H,69,87)(H,70,81)/t53-,54+/m0/s1. The SMILES string of the molecule is CCC(=O)CCCCCNC(=O)CN(CC(=O)NCCCC[C@H](C(=O)CC)N(CC(=O)CC)CC(=O)NC)CC(=O)NCCCNC(=O)CN(CC(=O)CCCCCCCC(=O)[C@H](CCC(=O)CC)NC(=O)CC)CC(=O)CCCCCCC(=O)NC. The van der Waals surface area contributed by atoms with Crippen LogP contribution in [0.3, 0.4) is 0 Å². The third-order valence-electron chi connectivity index (χ3n) is 14.8. The second kappa shape index (κ2) is 51.9. The zero-order valence-corrected chi connectivity index (χ0v) is 54.0. The molecule has 0 heterocycles. The summed E-state index contributed by atoms with van der Waals surface area (Å²) in [6.07, 6.45) is 13.7. The number of nitrogens with one attached hydrogen (secondary N) is 7. The van der Waals surface area contributed by atoms with E-state index in [1.807, 2.05) is 6.92 Å². The van der Waals surface area contributed by atoms with Gasteiger partial charge in [0.25, 0.3) is 0 Å². The number of hydrogen-bond donors (Lipinski definition) is 7. The highest BCUT2D eigenvalue weighted by molar-refractivity contribution is 5.90. The van der Waals surface area contributed by atoms with Crippen molar-refractivity contribution < 1.29 is 67.1 Å². The van der Waals surface area contributed by atoms with Gasteiger partial charge in [-0.05, 0) is 70.6 Å². The van der Waals surface area contributed by atoms with Crippen LogP contribution in [0.25, 0.3) is 0 Å². The maximum atomic E-state index is 13.3. The lowest BCUT2D eigenvalue weighted by Crippen LogP contribution is -2.48. The van der Waals surface area contributed by atoms with Crippen molar-refractivity contribution in [2.24, 2.45) is 0 Å². The summed E-state index contributed by atoms with van der Waals surface area (Å²) in [5.74, 6) is -2.68. The molecule has 0 saturated heterocycles. The van der Waals surface area contributed by atoms with Crippen molar-refractivity contribution in [1.29, 1.82) is 0 Å². The topological polar surface area (TPSA) is 333 Å². The summed E-state index contributed by atoms with van der Waals surface area (Å²) in [5, 5.41) is 19.1. The molecule has 24 nitrogen and oxygen atoms in total. The van der Waals surface area contributed by atoms with Gasteiger partial charge in [-0.15, -0.1) is 0 Å². The fraction of sp³-hybridized carbons (Fsp3) is 0.778. The van der Waals surface area contributed by atoms with Crippen molar-refractivity contribution in [2.45, 2.75) is 226 Å². The molecule has 0 spiro atoms. The summed E-state index contributed by atoms with van der Waals surface area (Å²) in [6, 6.07) is -1.35. The van der Waals surface area contributed by atoms with E-state index in [4.69, 9.17) is 0 Å². The highest BCUT2D eigenvalue weighted by atomic mass is 16.2. The summed E-state index contributed by atoms with van der Waals surface area (Å²) < 4.78 is 0. The maximum Gasteiger partial charge on any atom is 0.234 e. The quantitative estimate of drug-likeness (QED) is 0.0427. The minimum atomic E-state index is -0.690. The number of hydrogen-bond acceptors (Lipinski definition) is 17. The van der Waals surface area contributed by atoms with Crippen molar-refractivity contribution >= 4 is 81.8 Å². The molecule has 0 saturated carbocycles. The highest BCUT2D eigenvalue weighted by Crippen LogP contribution is 2.15. The first-order valence-corrected chi connectivity index (χ1v) is 32.2. The van der Waals surface area contributed by atoms with Gasteiger partial charge in [0.15, 0.2) is 5.78 Å². The molecule has 7 N–H and O–H groups in total. The molecule has 0 aromatic heterocycles. The van der Waals surface area contributed by atoms with Gasteiger partial charge in [0.2, 0.25) is 41.4 Å². The molecule has 0 aliphatic rings. The molecule has 0 aromatic carbocycles. The number of amides is 7. The minimum absolute atomic E-state index is 0.0328. The van der Waals surface area contributed by atoms with Crippen LogP contribution in [0.4, 0.5) is 0 Å². The van der Waals surface area contributed by atoms with Crippen LogP contribution >= 0.6 is 0 Å². The van der Waals surface area contributed by atoms with Gasteiger partial charge in [-0.3, -0.25) is 81.8 Å². The fourth-order valence-corrected chi connectivity index (χ4v) is 9.46. The van der Waals surface area contributed by atoms with E-state index in [0.29, 0.717) is 96.4 Å². The number of ketones is 7. The fourth-order valence-electron chi connectivity index (χ4n) is 9.46. The Morgan fingerprint density at radius 1 is 0.299 bits per heavy atom. The molecule has 496 valence electrons. The van der Waals surface area contributed by atoms with Crippen LogP contribution in [-0.4, -0.2) is 201 Å². The second-order valence-corrected chi connectivity index (χ2v) is 22.4. The number of carbonyl (C=O) groups is 14. The zero-order chi connectivity index (χ0) is 65.2. The molecular weight excluding hydrogens is 1120 g/mol.